The zero-order valence-electron chi connectivity index (χ0n) is 10.6. The predicted octanol–water partition coefficient (Wildman–Crippen LogP) is 1.17. The van der Waals surface area contributed by atoms with E-state index in [9.17, 15) is 0 Å². The van der Waals surface area contributed by atoms with E-state index in [1.54, 1.807) is 6.26 Å². The summed E-state index contributed by atoms with van der Waals surface area (Å²) in [5.41, 5.74) is 1.06. The minimum Gasteiger partial charge on any atom is -0.461 e. The summed E-state index contributed by atoms with van der Waals surface area (Å²) in [6, 6.07) is 2.38. The van der Waals surface area contributed by atoms with Crippen molar-refractivity contribution >= 4 is 5.95 Å². The first-order chi connectivity index (χ1) is 8.74. The first-order valence-electron chi connectivity index (χ1n) is 6.19. The highest BCUT2D eigenvalue weighted by atomic mass is 16.3. The molecular formula is C12H17N5O. The molecule has 0 bridgehead atoms. The molecule has 0 saturated carbocycles. The lowest BCUT2D eigenvalue weighted by molar-refractivity contribution is 0.480. The Hall–Kier alpha value is -1.82. The molecule has 96 valence electrons. The van der Waals surface area contributed by atoms with Gasteiger partial charge in [0.25, 0.3) is 0 Å². The summed E-state index contributed by atoms with van der Waals surface area (Å²) in [6.45, 7) is 6.97. The molecule has 3 heterocycles. The average Bonchev–Trinajstić information content (AvgIpc) is 2.97. The number of anilines is 1. The van der Waals surface area contributed by atoms with Gasteiger partial charge in [0.15, 0.2) is 11.6 Å². The maximum absolute atomic E-state index is 5.41. The number of aromatic amines is 1. The molecule has 18 heavy (non-hydrogen) atoms. The van der Waals surface area contributed by atoms with E-state index in [2.05, 4.69) is 32.3 Å². The first-order valence-corrected chi connectivity index (χ1v) is 6.19. The average molecular weight is 247 g/mol. The highest BCUT2D eigenvalue weighted by Gasteiger charge is 2.20. The van der Waals surface area contributed by atoms with Crippen LogP contribution in [0.15, 0.2) is 16.7 Å². The molecule has 1 fully saturated rings. The van der Waals surface area contributed by atoms with Crippen LogP contribution in [-0.2, 0) is 0 Å². The van der Waals surface area contributed by atoms with Gasteiger partial charge in [-0.2, -0.15) is 4.98 Å². The maximum atomic E-state index is 5.41. The van der Waals surface area contributed by atoms with Gasteiger partial charge in [-0.15, -0.1) is 5.10 Å². The minimum absolute atomic E-state index is 0.464. The normalized spacial score (nSPS) is 20.3. The third-order valence-electron chi connectivity index (χ3n) is 3.20. The summed E-state index contributed by atoms with van der Waals surface area (Å²) < 4.78 is 5.41. The molecular weight excluding hydrogens is 230 g/mol. The third kappa shape index (κ3) is 1.99. The Morgan fingerprint density at radius 1 is 1.50 bits per heavy atom. The van der Waals surface area contributed by atoms with Crippen LogP contribution in [0.4, 0.5) is 5.95 Å². The van der Waals surface area contributed by atoms with Crippen LogP contribution < -0.4 is 10.2 Å². The Kier molecular flexibility index (Phi) is 2.79. The lowest BCUT2D eigenvalue weighted by Gasteiger charge is -2.30. The van der Waals surface area contributed by atoms with Gasteiger partial charge in [0.1, 0.15) is 0 Å². The van der Waals surface area contributed by atoms with E-state index >= 15 is 0 Å². The second-order valence-corrected chi connectivity index (χ2v) is 4.72. The van der Waals surface area contributed by atoms with Crippen molar-refractivity contribution in [1.29, 1.82) is 0 Å². The molecule has 2 aromatic rings. The number of nitrogens with one attached hydrogen (secondary N) is 2. The molecule has 0 aromatic carbocycles. The number of rotatable bonds is 2. The van der Waals surface area contributed by atoms with Crippen LogP contribution in [0.3, 0.4) is 0 Å². The Morgan fingerprint density at radius 3 is 3.11 bits per heavy atom. The van der Waals surface area contributed by atoms with Gasteiger partial charge in [-0.25, -0.2) is 0 Å². The first kappa shape index (κ1) is 11.3. The summed E-state index contributed by atoms with van der Waals surface area (Å²) in [7, 11) is 0. The maximum Gasteiger partial charge on any atom is 0.245 e. The highest BCUT2D eigenvalue weighted by Crippen LogP contribution is 2.22. The van der Waals surface area contributed by atoms with Crippen LogP contribution in [0.5, 0.6) is 0 Å². The fourth-order valence-electron chi connectivity index (χ4n) is 2.23. The molecule has 3 rings (SSSR count). The van der Waals surface area contributed by atoms with E-state index in [4.69, 9.17) is 4.42 Å². The Morgan fingerprint density at radius 2 is 2.39 bits per heavy atom. The van der Waals surface area contributed by atoms with Gasteiger partial charge in [0.2, 0.25) is 5.95 Å². The van der Waals surface area contributed by atoms with Gasteiger partial charge in [0, 0.05) is 25.7 Å². The number of nitrogens with zero attached hydrogens (tertiary/aromatic N) is 3. The largest absolute Gasteiger partial charge is 0.461 e. The van der Waals surface area contributed by atoms with E-state index in [1.807, 2.05) is 13.0 Å². The molecule has 1 saturated heterocycles. The summed E-state index contributed by atoms with van der Waals surface area (Å²) >= 11 is 0. The van der Waals surface area contributed by atoms with Gasteiger partial charge in [-0.05, 0) is 25.5 Å². The molecule has 0 unspecified atom stereocenters. The number of furan rings is 1. The lowest BCUT2D eigenvalue weighted by atomic mass is 10.2. The number of aromatic nitrogens is 3. The van der Waals surface area contributed by atoms with Crippen molar-refractivity contribution in [3.63, 3.8) is 0 Å². The van der Waals surface area contributed by atoms with Gasteiger partial charge < -0.3 is 14.6 Å². The second kappa shape index (κ2) is 4.45. The zero-order valence-corrected chi connectivity index (χ0v) is 10.6. The van der Waals surface area contributed by atoms with Crippen molar-refractivity contribution in [2.24, 2.45) is 0 Å². The van der Waals surface area contributed by atoms with Crippen LogP contribution in [0.25, 0.3) is 11.6 Å². The highest BCUT2D eigenvalue weighted by molar-refractivity contribution is 5.53. The van der Waals surface area contributed by atoms with Crippen molar-refractivity contribution in [3.05, 3.63) is 17.9 Å². The summed E-state index contributed by atoms with van der Waals surface area (Å²) in [5, 5.41) is 10.6. The summed E-state index contributed by atoms with van der Waals surface area (Å²) in [4.78, 5) is 6.69. The number of aryl methyl sites for hydroxylation is 1. The molecule has 0 spiro atoms. The Bertz CT molecular complexity index is 532. The van der Waals surface area contributed by atoms with Crippen molar-refractivity contribution in [2.45, 2.75) is 19.9 Å². The molecule has 6 nitrogen and oxygen atoms in total. The molecule has 0 radical (unpaired) electrons. The van der Waals surface area contributed by atoms with Crippen molar-refractivity contribution in [2.75, 3.05) is 24.5 Å². The van der Waals surface area contributed by atoms with Crippen LogP contribution in [0.1, 0.15) is 12.5 Å². The summed E-state index contributed by atoms with van der Waals surface area (Å²) in [6.07, 6.45) is 1.67. The molecule has 2 N–H and O–H groups in total. The summed E-state index contributed by atoms with van der Waals surface area (Å²) in [5.74, 6) is 2.20. The van der Waals surface area contributed by atoms with E-state index in [0.29, 0.717) is 11.9 Å². The fraction of sp³-hybridized carbons (Fsp3) is 0.500. The molecule has 0 amide bonds. The van der Waals surface area contributed by atoms with E-state index in [-0.39, 0.29) is 0 Å². The van der Waals surface area contributed by atoms with E-state index < -0.39 is 0 Å². The molecule has 1 aliphatic rings. The van der Waals surface area contributed by atoms with E-state index in [1.165, 1.54) is 0 Å². The van der Waals surface area contributed by atoms with Gasteiger partial charge in [-0.3, -0.25) is 5.10 Å². The molecule has 1 aliphatic heterocycles. The van der Waals surface area contributed by atoms with Crippen LogP contribution >= 0.6 is 0 Å². The second-order valence-electron chi connectivity index (χ2n) is 4.72. The standard InChI is InChI=1S/C12H17N5O/c1-8-3-6-18-10(8)11-14-12(16-15-11)17-5-4-13-9(2)7-17/h3,6,9,13H,4-5,7H2,1-2H3,(H,14,15,16)/t9-/m1/s1. The fourth-order valence-corrected chi connectivity index (χ4v) is 2.23. The van der Waals surface area contributed by atoms with Gasteiger partial charge >= 0.3 is 0 Å². The number of hydrogen-bond acceptors (Lipinski definition) is 5. The van der Waals surface area contributed by atoms with Crippen molar-refractivity contribution in [1.82, 2.24) is 20.5 Å². The van der Waals surface area contributed by atoms with Gasteiger partial charge in [0.05, 0.1) is 6.26 Å². The van der Waals surface area contributed by atoms with Crippen LogP contribution in [0.2, 0.25) is 0 Å². The Labute approximate surface area is 105 Å². The zero-order chi connectivity index (χ0) is 12.5. The van der Waals surface area contributed by atoms with Crippen molar-refractivity contribution in [3.8, 4) is 11.6 Å². The smallest absolute Gasteiger partial charge is 0.245 e. The number of hydrogen-bond donors (Lipinski definition) is 2. The van der Waals surface area contributed by atoms with E-state index in [0.717, 1.165) is 36.9 Å². The SMILES string of the molecule is Cc1ccoc1-c1nc(N2CCN[C@H](C)C2)n[nH]1. The lowest BCUT2D eigenvalue weighted by Crippen LogP contribution is -2.49. The molecule has 0 aliphatic carbocycles. The Balaban J connectivity index is 1.83. The van der Waals surface area contributed by atoms with Crippen LogP contribution in [0, 0.1) is 6.92 Å². The molecule has 6 heteroatoms. The van der Waals surface area contributed by atoms with Crippen molar-refractivity contribution < 1.29 is 4.42 Å². The van der Waals surface area contributed by atoms with Gasteiger partial charge in [-0.1, -0.05) is 0 Å². The molecule has 2 aromatic heterocycles. The third-order valence-corrected chi connectivity index (χ3v) is 3.20. The quantitative estimate of drug-likeness (QED) is 0.833. The number of piperazine rings is 1. The number of H-pyrrole nitrogens is 1. The monoisotopic (exact) mass is 247 g/mol. The topological polar surface area (TPSA) is 70.0 Å². The molecule has 1 atom stereocenters. The van der Waals surface area contributed by atoms with Crippen LogP contribution in [-0.4, -0.2) is 40.9 Å². The minimum atomic E-state index is 0.464. The predicted molar refractivity (Wildman–Crippen MR) is 68.5 cm³/mol.